The summed E-state index contributed by atoms with van der Waals surface area (Å²) in [7, 11) is 0. The number of rotatable bonds is 4. The molecule has 4 heteroatoms. The fourth-order valence-electron chi connectivity index (χ4n) is 0.871. The molecule has 0 aliphatic carbocycles. The normalized spacial score (nSPS) is 13.2. The highest BCUT2D eigenvalue weighted by molar-refractivity contribution is 7.99. The van der Waals surface area contributed by atoms with E-state index in [2.05, 4.69) is 16.5 Å². The molecule has 68 valence electrons. The number of thioether (sulfide) groups is 1. The molecular formula is C8H14N2OS. The fraction of sp³-hybridized carbons (Fsp3) is 0.625. The molecular weight excluding hydrogens is 172 g/mol. The zero-order valence-corrected chi connectivity index (χ0v) is 8.21. The van der Waals surface area contributed by atoms with Crippen molar-refractivity contribution >= 4 is 11.8 Å². The monoisotopic (exact) mass is 186 g/mol. The van der Waals surface area contributed by atoms with E-state index in [4.69, 9.17) is 5.11 Å². The van der Waals surface area contributed by atoms with E-state index in [-0.39, 0.29) is 11.9 Å². The van der Waals surface area contributed by atoms with Gasteiger partial charge in [-0.05, 0) is 6.92 Å². The summed E-state index contributed by atoms with van der Waals surface area (Å²) in [6.45, 7) is 5.19. The van der Waals surface area contributed by atoms with Gasteiger partial charge in [0.2, 0.25) is 0 Å². The third kappa shape index (κ3) is 2.25. The molecule has 1 heterocycles. The molecule has 0 aliphatic rings. The average molecular weight is 186 g/mol. The molecule has 1 atom stereocenters. The molecule has 0 fully saturated rings. The Bertz CT molecular complexity index is 237. The molecule has 1 unspecified atom stereocenters. The minimum Gasteiger partial charge on any atom is -0.395 e. The minimum atomic E-state index is 0.196. The van der Waals surface area contributed by atoms with Gasteiger partial charge in [-0.3, -0.25) is 0 Å². The first-order valence-electron chi connectivity index (χ1n) is 4.06. The smallest absolute Gasteiger partial charge is 0.168 e. The molecule has 3 nitrogen and oxygen atoms in total. The van der Waals surface area contributed by atoms with Crippen LogP contribution in [-0.4, -0.2) is 26.5 Å². The summed E-state index contributed by atoms with van der Waals surface area (Å²) >= 11 is 1.60. The largest absolute Gasteiger partial charge is 0.395 e. The Kier molecular flexibility index (Phi) is 3.62. The summed E-state index contributed by atoms with van der Waals surface area (Å²) < 4.78 is 2.07. The van der Waals surface area contributed by atoms with Crippen LogP contribution in [0.5, 0.6) is 0 Å². The van der Waals surface area contributed by atoms with Gasteiger partial charge in [-0.1, -0.05) is 18.7 Å². The summed E-state index contributed by atoms with van der Waals surface area (Å²) in [5.74, 6) is 0. The van der Waals surface area contributed by atoms with Gasteiger partial charge in [0.25, 0.3) is 0 Å². The minimum absolute atomic E-state index is 0.196. The number of aryl methyl sites for hydroxylation is 1. The predicted molar refractivity (Wildman–Crippen MR) is 50.3 cm³/mol. The lowest BCUT2D eigenvalue weighted by Gasteiger charge is -2.07. The van der Waals surface area contributed by atoms with Gasteiger partial charge in [0.15, 0.2) is 5.16 Å². The summed E-state index contributed by atoms with van der Waals surface area (Å²) in [6.07, 6.45) is 3.74. The van der Waals surface area contributed by atoms with Crippen LogP contribution in [0.25, 0.3) is 0 Å². The number of nitrogens with zero attached hydrogens (tertiary/aromatic N) is 2. The Morgan fingerprint density at radius 2 is 2.50 bits per heavy atom. The lowest BCUT2D eigenvalue weighted by molar-refractivity contribution is 0.300. The van der Waals surface area contributed by atoms with Crippen LogP contribution in [-0.2, 0) is 6.54 Å². The van der Waals surface area contributed by atoms with Gasteiger partial charge in [-0.2, -0.15) is 0 Å². The quantitative estimate of drug-likeness (QED) is 0.722. The first-order valence-corrected chi connectivity index (χ1v) is 4.94. The van der Waals surface area contributed by atoms with Crippen molar-refractivity contribution in [3.63, 3.8) is 0 Å². The first-order chi connectivity index (χ1) is 5.77. The van der Waals surface area contributed by atoms with Crippen molar-refractivity contribution in [1.29, 1.82) is 0 Å². The molecule has 0 spiro atoms. The van der Waals surface area contributed by atoms with Gasteiger partial charge < -0.3 is 9.67 Å². The Morgan fingerprint density at radius 3 is 3.08 bits per heavy atom. The van der Waals surface area contributed by atoms with Crippen molar-refractivity contribution in [1.82, 2.24) is 9.55 Å². The van der Waals surface area contributed by atoms with Crippen LogP contribution < -0.4 is 0 Å². The lowest BCUT2D eigenvalue weighted by atomic mass is 10.5. The standard InChI is InChI=1S/C8H14N2OS/c1-3-10-5-4-9-8(10)12-7(2)6-11/h4-5,7,11H,3,6H2,1-2H3. The highest BCUT2D eigenvalue weighted by Gasteiger charge is 2.06. The van der Waals surface area contributed by atoms with E-state index in [1.54, 1.807) is 18.0 Å². The summed E-state index contributed by atoms with van der Waals surface area (Å²) in [4.78, 5) is 4.19. The molecule has 1 aromatic heterocycles. The van der Waals surface area contributed by atoms with Crippen LogP contribution in [0.4, 0.5) is 0 Å². The second-order valence-electron chi connectivity index (χ2n) is 2.61. The van der Waals surface area contributed by atoms with Crippen LogP contribution in [0, 0.1) is 0 Å². The third-order valence-corrected chi connectivity index (χ3v) is 2.68. The number of aliphatic hydroxyl groups is 1. The maximum absolute atomic E-state index is 8.84. The highest BCUT2D eigenvalue weighted by Crippen LogP contribution is 2.20. The van der Waals surface area contributed by atoms with E-state index in [0.717, 1.165) is 11.7 Å². The Balaban J connectivity index is 2.61. The number of imidazole rings is 1. The number of aliphatic hydroxyl groups excluding tert-OH is 1. The van der Waals surface area contributed by atoms with E-state index < -0.39 is 0 Å². The van der Waals surface area contributed by atoms with Crippen LogP contribution >= 0.6 is 11.8 Å². The Hall–Kier alpha value is -0.480. The molecule has 1 N–H and O–H groups in total. The maximum atomic E-state index is 8.84. The van der Waals surface area contributed by atoms with Crippen molar-refractivity contribution in [3.05, 3.63) is 12.4 Å². The van der Waals surface area contributed by atoms with Crippen LogP contribution in [0.15, 0.2) is 17.6 Å². The topological polar surface area (TPSA) is 38.0 Å². The molecule has 0 aliphatic heterocycles. The molecule has 0 amide bonds. The van der Waals surface area contributed by atoms with Gasteiger partial charge in [0, 0.05) is 24.2 Å². The maximum Gasteiger partial charge on any atom is 0.168 e. The number of aromatic nitrogens is 2. The van der Waals surface area contributed by atoms with E-state index in [1.165, 1.54) is 0 Å². The summed E-state index contributed by atoms with van der Waals surface area (Å²) in [5.41, 5.74) is 0. The SMILES string of the molecule is CCn1ccnc1SC(C)CO. The first kappa shape index (κ1) is 9.61. The van der Waals surface area contributed by atoms with Crippen LogP contribution in [0.1, 0.15) is 13.8 Å². The third-order valence-electron chi connectivity index (χ3n) is 1.58. The molecule has 0 radical (unpaired) electrons. The second-order valence-corrected chi connectivity index (χ2v) is 4.01. The van der Waals surface area contributed by atoms with Crippen molar-refractivity contribution in [2.45, 2.75) is 30.8 Å². The summed E-state index contributed by atoms with van der Waals surface area (Å²) in [6, 6.07) is 0. The molecule has 12 heavy (non-hydrogen) atoms. The van der Waals surface area contributed by atoms with Crippen molar-refractivity contribution < 1.29 is 5.11 Å². The van der Waals surface area contributed by atoms with E-state index in [1.807, 2.05) is 13.1 Å². The van der Waals surface area contributed by atoms with Gasteiger partial charge in [-0.15, -0.1) is 0 Å². The number of hydrogen-bond donors (Lipinski definition) is 1. The van der Waals surface area contributed by atoms with Gasteiger partial charge in [-0.25, -0.2) is 4.98 Å². The van der Waals surface area contributed by atoms with Crippen molar-refractivity contribution in [3.8, 4) is 0 Å². The van der Waals surface area contributed by atoms with E-state index in [0.29, 0.717) is 0 Å². The lowest BCUT2D eigenvalue weighted by Crippen LogP contribution is -2.04. The van der Waals surface area contributed by atoms with Crippen molar-refractivity contribution in [2.24, 2.45) is 0 Å². The second kappa shape index (κ2) is 4.52. The van der Waals surface area contributed by atoms with Gasteiger partial charge in [0.1, 0.15) is 0 Å². The van der Waals surface area contributed by atoms with Crippen molar-refractivity contribution in [2.75, 3.05) is 6.61 Å². The van der Waals surface area contributed by atoms with Gasteiger partial charge in [0.05, 0.1) is 6.61 Å². The molecule has 0 saturated heterocycles. The molecule has 0 saturated carbocycles. The van der Waals surface area contributed by atoms with E-state index in [9.17, 15) is 0 Å². The summed E-state index contributed by atoms with van der Waals surface area (Å²) in [5, 5.41) is 10.0. The molecule has 1 rings (SSSR count). The van der Waals surface area contributed by atoms with Gasteiger partial charge >= 0.3 is 0 Å². The zero-order valence-electron chi connectivity index (χ0n) is 7.40. The van der Waals surface area contributed by atoms with E-state index >= 15 is 0 Å². The highest BCUT2D eigenvalue weighted by atomic mass is 32.2. The Labute approximate surface area is 76.8 Å². The zero-order chi connectivity index (χ0) is 8.97. The van der Waals surface area contributed by atoms with Crippen LogP contribution in [0.2, 0.25) is 0 Å². The Morgan fingerprint density at radius 1 is 1.75 bits per heavy atom. The molecule has 1 aromatic rings. The predicted octanol–water partition coefficient (Wildman–Crippen LogP) is 1.38. The van der Waals surface area contributed by atoms with Crippen LogP contribution in [0.3, 0.4) is 0 Å². The number of hydrogen-bond acceptors (Lipinski definition) is 3. The average Bonchev–Trinajstić information content (AvgIpc) is 2.51. The fourth-order valence-corrected chi connectivity index (χ4v) is 1.75. The molecule has 0 bridgehead atoms. The molecule has 0 aromatic carbocycles.